The summed E-state index contributed by atoms with van der Waals surface area (Å²) >= 11 is 0. The normalized spacial score (nSPS) is 13.2. The van der Waals surface area contributed by atoms with Gasteiger partial charge in [-0.05, 0) is 40.8 Å². The van der Waals surface area contributed by atoms with Gasteiger partial charge in [-0.15, -0.1) is 0 Å². The molecule has 0 saturated carbocycles. The summed E-state index contributed by atoms with van der Waals surface area (Å²) in [5, 5.41) is 5.56. The number of rotatable bonds is 4. The van der Waals surface area contributed by atoms with Gasteiger partial charge in [0.2, 0.25) is 0 Å². The highest BCUT2D eigenvalue weighted by atomic mass is 16.1. The van der Waals surface area contributed by atoms with Crippen LogP contribution < -0.4 is 10.7 Å². The molecular formula is C27H21N3O. The molecule has 150 valence electrons. The van der Waals surface area contributed by atoms with Gasteiger partial charge >= 0.3 is 0 Å². The Balaban J connectivity index is 1.57. The maximum Gasteiger partial charge on any atom is 0.195 e. The van der Waals surface area contributed by atoms with E-state index in [0.717, 1.165) is 34.3 Å². The van der Waals surface area contributed by atoms with Crippen LogP contribution in [0.2, 0.25) is 0 Å². The van der Waals surface area contributed by atoms with E-state index < -0.39 is 0 Å². The average molecular weight is 403 g/mol. The molecule has 4 nitrogen and oxygen atoms in total. The molecule has 0 saturated heterocycles. The number of aromatic nitrogens is 1. The lowest BCUT2D eigenvalue weighted by atomic mass is 10.1. The highest BCUT2D eigenvalue weighted by Gasteiger charge is 2.07. The van der Waals surface area contributed by atoms with E-state index in [1.165, 1.54) is 0 Å². The molecule has 0 atom stereocenters. The van der Waals surface area contributed by atoms with E-state index in [9.17, 15) is 4.79 Å². The minimum absolute atomic E-state index is 0.00299. The predicted molar refractivity (Wildman–Crippen MR) is 128 cm³/mol. The van der Waals surface area contributed by atoms with Crippen LogP contribution in [-0.4, -0.2) is 11.2 Å². The summed E-state index contributed by atoms with van der Waals surface area (Å²) in [5.41, 5.74) is 3.71. The minimum atomic E-state index is -0.00299. The Labute approximate surface area is 180 Å². The van der Waals surface area contributed by atoms with Crippen LogP contribution in [0.15, 0.2) is 107 Å². The van der Waals surface area contributed by atoms with E-state index in [4.69, 9.17) is 0 Å². The number of hydrogen-bond acceptors (Lipinski definition) is 4. The summed E-state index contributed by atoms with van der Waals surface area (Å²) < 4.78 is 0. The van der Waals surface area contributed by atoms with E-state index in [2.05, 4.69) is 21.4 Å². The van der Waals surface area contributed by atoms with Gasteiger partial charge in [0.25, 0.3) is 0 Å². The molecule has 1 aliphatic heterocycles. The van der Waals surface area contributed by atoms with Crippen LogP contribution >= 0.6 is 0 Å². The van der Waals surface area contributed by atoms with E-state index in [1.54, 1.807) is 0 Å². The standard InChI is InChI=1S/C27H21N3O/c31-27-23-15-19(17-30-26-9-5-2-6-14-28-26)10-11-21(23)12-13-25-24(27)16-22(18-29-25)20-7-3-1-4-8-20/h1-5,7-16,18,30H,6,17H2. The molecule has 1 N–H and O–H groups in total. The van der Waals surface area contributed by atoms with Gasteiger partial charge in [0.15, 0.2) is 5.43 Å². The number of hydrogen-bond donors (Lipinski definition) is 1. The monoisotopic (exact) mass is 403 g/mol. The van der Waals surface area contributed by atoms with Crippen LogP contribution in [-0.2, 0) is 6.54 Å². The molecule has 5 rings (SSSR count). The molecule has 0 unspecified atom stereocenters. The summed E-state index contributed by atoms with van der Waals surface area (Å²) in [4.78, 5) is 22.4. The first-order valence-electron chi connectivity index (χ1n) is 10.3. The second-order valence-electron chi connectivity index (χ2n) is 7.49. The van der Waals surface area contributed by atoms with Crippen LogP contribution in [0.25, 0.3) is 32.8 Å². The quantitative estimate of drug-likeness (QED) is 0.498. The van der Waals surface area contributed by atoms with Crippen molar-refractivity contribution in [2.24, 2.45) is 4.99 Å². The fourth-order valence-corrected chi connectivity index (χ4v) is 3.74. The van der Waals surface area contributed by atoms with Crippen LogP contribution in [0.1, 0.15) is 12.0 Å². The second-order valence-corrected chi connectivity index (χ2v) is 7.49. The molecule has 0 radical (unpaired) electrons. The Morgan fingerprint density at radius 1 is 0.903 bits per heavy atom. The first kappa shape index (κ1) is 18.9. The zero-order valence-electron chi connectivity index (χ0n) is 17.0. The minimum Gasteiger partial charge on any atom is -0.366 e. The summed E-state index contributed by atoms with van der Waals surface area (Å²) in [6, 6.07) is 21.8. The van der Waals surface area contributed by atoms with Gasteiger partial charge in [0.05, 0.1) is 5.52 Å². The summed E-state index contributed by atoms with van der Waals surface area (Å²) in [6.45, 7) is 0.594. The Hall–Kier alpha value is -4.05. The molecule has 0 bridgehead atoms. The van der Waals surface area contributed by atoms with Crippen LogP contribution in [0.3, 0.4) is 0 Å². The Kier molecular flexibility index (Phi) is 5.11. The zero-order chi connectivity index (χ0) is 21.0. The molecule has 1 aromatic heterocycles. The predicted octanol–water partition coefficient (Wildman–Crippen LogP) is 5.38. The number of aliphatic imine (C=N–C) groups is 1. The lowest BCUT2D eigenvalue weighted by molar-refractivity contribution is 0.803. The number of benzene rings is 2. The van der Waals surface area contributed by atoms with Gasteiger partial charge in [0, 0.05) is 41.7 Å². The molecule has 4 aromatic rings. The molecule has 0 aliphatic carbocycles. The number of allylic oxidation sites excluding steroid dienone is 3. The third-order valence-corrected chi connectivity index (χ3v) is 5.39. The molecule has 4 heteroatoms. The van der Waals surface area contributed by atoms with Gasteiger partial charge in [-0.3, -0.25) is 9.78 Å². The fraction of sp³-hybridized carbons (Fsp3) is 0.0741. The molecule has 3 aromatic carbocycles. The van der Waals surface area contributed by atoms with Crippen molar-refractivity contribution in [1.29, 1.82) is 0 Å². The molecular weight excluding hydrogens is 382 g/mol. The maximum atomic E-state index is 13.5. The number of nitrogens with zero attached hydrogens (tertiary/aromatic N) is 2. The van der Waals surface area contributed by atoms with Crippen molar-refractivity contribution in [3.05, 3.63) is 113 Å². The average Bonchev–Trinajstić information content (AvgIpc) is 3.17. The lowest BCUT2D eigenvalue weighted by Crippen LogP contribution is -2.11. The van der Waals surface area contributed by atoms with E-state index in [0.29, 0.717) is 22.8 Å². The maximum absolute atomic E-state index is 13.5. The molecule has 0 amide bonds. The SMILES string of the molecule is O=c1c2cc(CNC3=CC=CCC=N3)ccc2ccc2ncc(-c3ccccc3)cc12. The topological polar surface area (TPSA) is 54.4 Å². The van der Waals surface area contributed by atoms with Crippen LogP contribution in [0, 0.1) is 0 Å². The highest BCUT2D eigenvalue weighted by molar-refractivity contribution is 5.93. The fourth-order valence-electron chi connectivity index (χ4n) is 3.74. The molecule has 0 spiro atoms. The van der Waals surface area contributed by atoms with Crippen molar-refractivity contribution in [3.8, 4) is 11.1 Å². The molecule has 2 heterocycles. The van der Waals surface area contributed by atoms with Crippen molar-refractivity contribution >= 4 is 27.9 Å². The summed E-state index contributed by atoms with van der Waals surface area (Å²) in [5.74, 6) is 0.817. The highest BCUT2D eigenvalue weighted by Crippen LogP contribution is 2.22. The molecule has 31 heavy (non-hydrogen) atoms. The first-order valence-corrected chi connectivity index (χ1v) is 10.3. The third kappa shape index (κ3) is 4.01. The summed E-state index contributed by atoms with van der Waals surface area (Å²) in [7, 11) is 0. The van der Waals surface area contributed by atoms with E-state index >= 15 is 0 Å². The van der Waals surface area contributed by atoms with Crippen molar-refractivity contribution in [1.82, 2.24) is 10.3 Å². The van der Waals surface area contributed by atoms with Crippen molar-refractivity contribution in [2.45, 2.75) is 13.0 Å². The van der Waals surface area contributed by atoms with Crippen molar-refractivity contribution in [2.75, 3.05) is 0 Å². The van der Waals surface area contributed by atoms with Crippen LogP contribution in [0.4, 0.5) is 0 Å². The van der Waals surface area contributed by atoms with E-state index in [1.807, 2.05) is 91.3 Å². The van der Waals surface area contributed by atoms with E-state index in [-0.39, 0.29) is 5.43 Å². The van der Waals surface area contributed by atoms with Gasteiger partial charge in [-0.1, -0.05) is 60.7 Å². The lowest BCUT2D eigenvalue weighted by Gasteiger charge is -2.06. The number of fused-ring (bicyclic) bond motifs is 2. The first-order chi connectivity index (χ1) is 15.3. The van der Waals surface area contributed by atoms with Crippen LogP contribution in [0.5, 0.6) is 0 Å². The zero-order valence-corrected chi connectivity index (χ0v) is 17.0. The third-order valence-electron chi connectivity index (χ3n) is 5.39. The largest absolute Gasteiger partial charge is 0.366 e. The van der Waals surface area contributed by atoms with Crippen molar-refractivity contribution in [3.63, 3.8) is 0 Å². The number of nitrogens with one attached hydrogen (secondary N) is 1. The smallest absolute Gasteiger partial charge is 0.195 e. The Morgan fingerprint density at radius 2 is 1.77 bits per heavy atom. The molecule has 1 aliphatic rings. The van der Waals surface area contributed by atoms with Gasteiger partial charge in [-0.2, -0.15) is 0 Å². The Morgan fingerprint density at radius 3 is 2.68 bits per heavy atom. The second kappa shape index (κ2) is 8.36. The Bertz CT molecular complexity index is 1420. The van der Waals surface area contributed by atoms with Crippen molar-refractivity contribution < 1.29 is 0 Å². The molecule has 0 fully saturated rings. The van der Waals surface area contributed by atoms with Gasteiger partial charge in [0.1, 0.15) is 5.82 Å². The summed E-state index contributed by atoms with van der Waals surface area (Å²) in [6.07, 6.45) is 10.5. The van der Waals surface area contributed by atoms with Gasteiger partial charge in [-0.25, -0.2) is 4.99 Å². The van der Waals surface area contributed by atoms with Gasteiger partial charge < -0.3 is 5.32 Å². The number of pyridine rings is 1.